The van der Waals surface area contributed by atoms with Gasteiger partial charge in [0.1, 0.15) is 5.82 Å². The first-order chi connectivity index (χ1) is 8.29. The van der Waals surface area contributed by atoms with Crippen LogP contribution in [0.15, 0.2) is 36.7 Å². The fraction of sp³-hybridized carbons (Fsp3) is 0.167. The van der Waals surface area contributed by atoms with Crippen molar-refractivity contribution in [2.45, 2.75) is 13.3 Å². The molecule has 4 N–H and O–H groups in total. The van der Waals surface area contributed by atoms with Crippen LogP contribution in [0, 0.1) is 0 Å². The smallest absolute Gasteiger partial charge is 0.118 e. The number of rotatable bonds is 1. The monoisotopic (exact) mass is 231 g/mol. The molecular weight excluding hydrogens is 214 g/mol. The second kappa shape index (κ2) is 5.16. The van der Waals surface area contributed by atoms with Gasteiger partial charge >= 0.3 is 0 Å². The van der Waals surface area contributed by atoms with E-state index in [4.69, 9.17) is 5.73 Å². The molecule has 0 saturated heterocycles. The lowest BCUT2D eigenvalue weighted by molar-refractivity contribution is 1.10. The molecule has 2 heterocycles. The van der Waals surface area contributed by atoms with E-state index in [1.807, 2.05) is 6.20 Å². The molecule has 5 nitrogen and oxygen atoms in total. The first-order valence-electron chi connectivity index (χ1n) is 5.46. The van der Waals surface area contributed by atoms with Gasteiger partial charge in [-0.05, 0) is 30.2 Å². The van der Waals surface area contributed by atoms with Crippen LogP contribution in [-0.2, 0) is 6.42 Å². The van der Waals surface area contributed by atoms with E-state index in [1.54, 1.807) is 12.3 Å². The Morgan fingerprint density at radius 2 is 2.12 bits per heavy atom. The van der Waals surface area contributed by atoms with E-state index in [9.17, 15) is 0 Å². The normalized spacial score (nSPS) is 9.94. The van der Waals surface area contributed by atoms with Crippen molar-refractivity contribution in [3.8, 4) is 0 Å². The minimum atomic E-state index is 0. The van der Waals surface area contributed by atoms with Gasteiger partial charge in [-0.2, -0.15) is 10.2 Å². The zero-order valence-electron chi connectivity index (χ0n) is 9.64. The number of fused-ring (bicyclic) bond motifs is 1. The van der Waals surface area contributed by atoms with Crippen LogP contribution in [0.3, 0.4) is 0 Å². The molecule has 0 spiro atoms. The van der Waals surface area contributed by atoms with Gasteiger partial charge in [0.25, 0.3) is 0 Å². The van der Waals surface area contributed by atoms with Gasteiger partial charge < -0.3 is 5.73 Å². The van der Waals surface area contributed by atoms with Crippen molar-refractivity contribution >= 4 is 16.7 Å². The molecule has 0 fully saturated rings. The Balaban J connectivity index is 0.000000199. The predicted molar refractivity (Wildman–Crippen MR) is 70.6 cm³/mol. The molecular formula is C12H17N5. The highest BCUT2D eigenvalue weighted by molar-refractivity contribution is 5.78. The summed E-state index contributed by atoms with van der Waals surface area (Å²) in [5.41, 5.74) is 7.63. The lowest BCUT2D eigenvalue weighted by atomic mass is 10.1. The number of nitrogens with zero attached hydrogens (tertiary/aromatic N) is 2. The number of H-pyrrole nitrogens is 2. The van der Waals surface area contributed by atoms with Crippen LogP contribution >= 0.6 is 0 Å². The number of nitrogen functional groups attached to an aromatic ring is 1. The summed E-state index contributed by atoms with van der Waals surface area (Å²) >= 11 is 0. The number of nitrogens with two attached hydrogens (primary N) is 1. The van der Waals surface area contributed by atoms with Crippen LogP contribution in [0.4, 0.5) is 5.82 Å². The van der Waals surface area contributed by atoms with Crippen molar-refractivity contribution in [2.75, 3.05) is 5.73 Å². The maximum atomic E-state index is 5.16. The summed E-state index contributed by atoms with van der Waals surface area (Å²) in [7, 11) is 0. The third-order valence-electron chi connectivity index (χ3n) is 2.44. The van der Waals surface area contributed by atoms with Crippen molar-refractivity contribution in [2.24, 2.45) is 0 Å². The predicted octanol–water partition coefficient (Wildman–Crippen LogP) is 2.36. The molecule has 90 valence electrons. The zero-order valence-corrected chi connectivity index (χ0v) is 9.64. The van der Waals surface area contributed by atoms with E-state index in [-0.39, 0.29) is 1.43 Å². The molecule has 1 aromatic carbocycles. The number of aryl methyl sites for hydroxylation is 1. The third kappa shape index (κ3) is 2.84. The molecule has 0 atom stereocenters. The summed E-state index contributed by atoms with van der Waals surface area (Å²) in [6.07, 6.45) is 4.55. The summed E-state index contributed by atoms with van der Waals surface area (Å²) in [4.78, 5) is 0. The van der Waals surface area contributed by atoms with E-state index in [0.29, 0.717) is 5.82 Å². The first-order valence-corrected chi connectivity index (χ1v) is 5.46. The minimum absolute atomic E-state index is 0. The van der Waals surface area contributed by atoms with Gasteiger partial charge in [0.2, 0.25) is 0 Å². The van der Waals surface area contributed by atoms with Gasteiger partial charge in [0.15, 0.2) is 0 Å². The van der Waals surface area contributed by atoms with Crippen LogP contribution in [0.5, 0.6) is 0 Å². The van der Waals surface area contributed by atoms with Crippen LogP contribution in [0.25, 0.3) is 10.9 Å². The summed E-state index contributed by atoms with van der Waals surface area (Å²) < 4.78 is 0. The maximum absolute atomic E-state index is 5.16. The number of nitrogens with one attached hydrogen (secondary N) is 2. The lowest BCUT2D eigenvalue weighted by Gasteiger charge is -1.93. The molecule has 0 amide bonds. The summed E-state index contributed by atoms with van der Waals surface area (Å²) in [5.74, 6) is 0.606. The van der Waals surface area contributed by atoms with E-state index < -0.39 is 0 Å². The fourth-order valence-corrected chi connectivity index (χ4v) is 1.48. The molecule has 0 unspecified atom stereocenters. The Bertz CT molecular complexity index is 573. The van der Waals surface area contributed by atoms with Gasteiger partial charge in [-0.15, -0.1) is 0 Å². The van der Waals surface area contributed by atoms with Crippen molar-refractivity contribution < 1.29 is 1.43 Å². The molecule has 0 bridgehead atoms. The van der Waals surface area contributed by atoms with Gasteiger partial charge in [0.05, 0.1) is 17.9 Å². The Hall–Kier alpha value is -2.30. The van der Waals surface area contributed by atoms with E-state index in [2.05, 4.69) is 45.5 Å². The molecule has 5 heteroatoms. The lowest BCUT2D eigenvalue weighted by Crippen LogP contribution is -1.81. The van der Waals surface area contributed by atoms with Crippen molar-refractivity contribution in [3.05, 3.63) is 42.2 Å². The minimum Gasteiger partial charge on any atom is -0.384 e. The maximum Gasteiger partial charge on any atom is 0.118 e. The van der Waals surface area contributed by atoms with Gasteiger partial charge in [-0.25, -0.2) is 0 Å². The molecule has 0 saturated carbocycles. The number of aromatic nitrogens is 4. The first kappa shape index (κ1) is 11.2. The fourth-order valence-electron chi connectivity index (χ4n) is 1.48. The number of aromatic amines is 2. The Labute approximate surface area is 101 Å². The summed E-state index contributed by atoms with van der Waals surface area (Å²) in [5, 5.41) is 14.2. The number of benzene rings is 1. The van der Waals surface area contributed by atoms with Crippen LogP contribution in [0.1, 0.15) is 13.9 Å². The average molecular weight is 231 g/mol. The molecule has 17 heavy (non-hydrogen) atoms. The van der Waals surface area contributed by atoms with Crippen molar-refractivity contribution in [1.82, 2.24) is 20.4 Å². The highest BCUT2D eigenvalue weighted by Crippen LogP contribution is 2.12. The molecule has 0 aliphatic heterocycles. The summed E-state index contributed by atoms with van der Waals surface area (Å²) in [6.45, 7) is 2.15. The number of anilines is 1. The Morgan fingerprint density at radius 3 is 2.71 bits per heavy atom. The van der Waals surface area contributed by atoms with Gasteiger partial charge in [0, 0.05) is 6.81 Å². The van der Waals surface area contributed by atoms with E-state index in [0.717, 1.165) is 11.9 Å². The topological polar surface area (TPSA) is 83.4 Å². The standard InChI is InChI=1S/C9H10N2.C3H5N3.H2/c1-2-7-3-4-9-8(5-7)6-10-11-9;4-3-1-2-5-6-3;/h3-6H,2H2,1H3,(H,10,11);1-2H,(H3,4,5,6);1H. The molecule has 3 rings (SSSR count). The SMILES string of the molecule is CCc1ccc2[nH]ncc2c1.Nc1ccn[nH]1.[HH]. The van der Waals surface area contributed by atoms with Gasteiger partial charge in [-0.1, -0.05) is 13.0 Å². The summed E-state index contributed by atoms with van der Waals surface area (Å²) in [6, 6.07) is 8.06. The molecule has 2 aromatic heterocycles. The van der Waals surface area contributed by atoms with Gasteiger partial charge in [-0.3, -0.25) is 10.2 Å². The number of hydrogen-bond acceptors (Lipinski definition) is 3. The molecule has 3 aromatic rings. The van der Waals surface area contributed by atoms with Crippen LogP contribution in [-0.4, -0.2) is 20.4 Å². The highest BCUT2D eigenvalue weighted by atomic mass is 15.1. The molecule has 0 aliphatic carbocycles. The number of hydrogen-bond donors (Lipinski definition) is 3. The van der Waals surface area contributed by atoms with E-state index in [1.165, 1.54) is 10.9 Å². The third-order valence-corrected chi connectivity index (χ3v) is 2.44. The molecule has 0 radical (unpaired) electrons. The zero-order chi connectivity index (χ0) is 12.1. The largest absolute Gasteiger partial charge is 0.384 e. The second-order valence-corrected chi connectivity index (χ2v) is 3.66. The Kier molecular flexibility index (Phi) is 3.40. The quantitative estimate of drug-likeness (QED) is 0.601. The van der Waals surface area contributed by atoms with E-state index >= 15 is 0 Å². The Morgan fingerprint density at radius 1 is 1.24 bits per heavy atom. The van der Waals surface area contributed by atoms with Crippen LogP contribution < -0.4 is 5.73 Å². The second-order valence-electron chi connectivity index (χ2n) is 3.66. The average Bonchev–Trinajstić information content (AvgIpc) is 2.99. The van der Waals surface area contributed by atoms with Crippen molar-refractivity contribution in [3.63, 3.8) is 0 Å². The van der Waals surface area contributed by atoms with Crippen LogP contribution in [0.2, 0.25) is 0 Å². The highest BCUT2D eigenvalue weighted by Gasteiger charge is 1.94. The van der Waals surface area contributed by atoms with Crippen molar-refractivity contribution in [1.29, 1.82) is 0 Å². The molecule has 0 aliphatic rings.